The minimum atomic E-state index is 0.0125. The molecule has 2 heterocycles. The molecule has 1 aromatic carbocycles. The molecule has 2 saturated heterocycles. The van der Waals surface area contributed by atoms with Crippen molar-refractivity contribution in [2.75, 3.05) is 26.3 Å². The van der Waals surface area contributed by atoms with Crippen LogP contribution in [0.5, 0.6) is 0 Å². The van der Waals surface area contributed by atoms with Gasteiger partial charge in [0.25, 0.3) is 0 Å². The standard InChI is InChI=1S/C16H24N2O/c17-16(15-6-10-19-11-7-15)8-9-18(13-16)12-14-4-2-1-3-5-14/h1-5,15H,6-13,17H2. The van der Waals surface area contributed by atoms with Crippen LogP contribution in [0.15, 0.2) is 30.3 Å². The number of ether oxygens (including phenoxy) is 1. The van der Waals surface area contributed by atoms with Crippen LogP contribution in [0, 0.1) is 5.92 Å². The molecule has 3 heteroatoms. The van der Waals surface area contributed by atoms with Crippen LogP contribution in [0.1, 0.15) is 24.8 Å². The van der Waals surface area contributed by atoms with E-state index in [-0.39, 0.29) is 5.54 Å². The largest absolute Gasteiger partial charge is 0.381 e. The van der Waals surface area contributed by atoms with Crippen molar-refractivity contribution in [2.45, 2.75) is 31.3 Å². The van der Waals surface area contributed by atoms with Gasteiger partial charge in [0.05, 0.1) is 0 Å². The highest BCUT2D eigenvalue weighted by atomic mass is 16.5. The molecule has 0 radical (unpaired) electrons. The topological polar surface area (TPSA) is 38.5 Å². The summed E-state index contributed by atoms with van der Waals surface area (Å²) in [5.41, 5.74) is 8.08. The Morgan fingerprint density at radius 2 is 1.95 bits per heavy atom. The van der Waals surface area contributed by atoms with Gasteiger partial charge >= 0.3 is 0 Å². The number of hydrogen-bond donors (Lipinski definition) is 1. The first kappa shape index (κ1) is 13.1. The molecule has 19 heavy (non-hydrogen) atoms. The lowest BCUT2D eigenvalue weighted by Crippen LogP contribution is -2.51. The summed E-state index contributed by atoms with van der Waals surface area (Å²) >= 11 is 0. The second-order valence-electron chi connectivity index (χ2n) is 6.07. The van der Waals surface area contributed by atoms with E-state index in [4.69, 9.17) is 10.5 Å². The van der Waals surface area contributed by atoms with Gasteiger partial charge in [0.2, 0.25) is 0 Å². The smallest absolute Gasteiger partial charge is 0.0469 e. The van der Waals surface area contributed by atoms with Crippen molar-refractivity contribution in [3.8, 4) is 0 Å². The van der Waals surface area contributed by atoms with E-state index in [0.717, 1.165) is 52.1 Å². The lowest BCUT2D eigenvalue weighted by molar-refractivity contribution is 0.0396. The molecule has 0 saturated carbocycles. The van der Waals surface area contributed by atoms with Crippen molar-refractivity contribution in [3.05, 3.63) is 35.9 Å². The molecule has 0 aliphatic carbocycles. The van der Waals surface area contributed by atoms with E-state index >= 15 is 0 Å². The van der Waals surface area contributed by atoms with Gasteiger partial charge in [-0.2, -0.15) is 0 Å². The summed E-state index contributed by atoms with van der Waals surface area (Å²) < 4.78 is 5.46. The number of likely N-dealkylation sites (tertiary alicyclic amines) is 1. The fourth-order valence-electron chi connectivity index (χ4n) is 3.52. The Labute approximate surface area is 115 Å². The Morgan fingerprint density at radius 1 is 1.21 bits per heavy atom. The third-order valence-electron chi connectivity index (χ3n) is 4.69. The summed E-state index contributed by atoms with van der Waals surface area (Å²) in [6, 6.07) is 10.7. The van der Waals surface area contributed by atoms with Crippen LogP contribution in [0.4, 0.5) is 0 Å². The number of hydrogen-bond acceptors (Lipinski definition) is 3. The fourth-order valence-corrected chi connectivity index (χ4v) is 3.52. The minimum absolute atomic E-state index is 0.0125. The lowest BCUT2D eigenvalue weighted by atomic mass is 9.79. The summed E-state index contributed by atoms with van der Waals surface area (Å²) in [6.45, 7) is 4.98. The number of nitrogens with zero attached hydrogens (tertiary/aromatic N) is 1. The van der Waals surface area contributed by atoms with Gasteiger partial charge in [0.15, 0.2) is 0 Å². The predicted molar refractivity (Wildman–Crippen MR) is 76.8 cm³/mol. The first-order chi connectivity index (χ1) is 9.26. The van der Waals surface area contributed by atoms with Gasteiger partial charge in [-0.15, -0.1) is 0 Å². The molecule has 0 bridgehead atoms. The lowest BCUT2D eigenvalue weighted by Gasteiger charge is -2.36. The maximum atomic E-state index is 6.68. The monoisotopic (exact) mass is 260 g/mol. The van der Waals surface area contributed by atoms with Crippen molar-refractivity contribution < 1.29 is 4.74 Å². The maximum Gasteiger partial charge on any atom is 0.0469 e. The fraction of sp³-hybridized carbons (Fsp3) is 0.625. The summed E-state index contributed by atoms with van der Waals surface area (Å²) in [4.78, 5) is 2.50. The highest BCUT2D eigenvalue weighted by Crippen LogP contribution is 2.33. The van der Waals surface area contributed by atoms with Crippen LogP contribution in [-0.2, 0) is 11.3 Å². The van der Waals surface area contributed by atoms with Crippen molar-refractivity contribution in [1.82, 2.24) is 4.90 Å². The van der Waals surface area contributed by atoms with E-state index < -0.39 is 0 Å². The highest BCUT2D eigenvalue weighted by molar-refractivity contribution is 5.15. The van der Waals surface area contributed by atoms with Gasteiger partial charge in [0, 0.05) is 38.4 Å². The van der Waals surface area contributed by atoms with Crippen LogP contribution in [0.25, 0.3) is 0 Å². The molecular formula is C16H24N2O. The molecule has 3 rings (SSSR count). The van der Waals surface area contributed by atoms with Crippen molar-refractivity contribution in [1.29, 1.82) is 0 Å². The average molecular weight is 260 g/mol. The number of rotatable bonds is 3. The molecule has 0 spiro atoms. The maximum absolute atomic E-state index is 6.68. The van der Waals surface area contributed by atoms with Crippen LogP contribution in [0.3, 0.4) is 0 Å². The zero-order valence-corrected chi connectivity index (χ0v) is 11.6. The molecule has 2 N–H and O–H groups in total. The zero-order chi connectivity index (χ0) is 13.1. The molecule has 1 atom stereocenters. The quantitative estimate of drug-likeness (QED) is 0.903. The predicted octanol–water partition coefficient (Wildman–Crippen LogP) is 2.02. The molecule has 3 nitrogen and oxygen atoms in total. The molecule has 2 fully saturated rings. The Morgan fingerprint density at radius 3 is 2.68 bits per heavy atom. The van der Waals surface area contributed by atoms with Crippen LogP contribution in [0.2, 0.25) is 0 Å². The first-order valence-corrected chi connectivity index (χ1v) is 7.39. The Bertz CT molecular complexity index is 402. The third kappa shape index (κ3) is 2.99. The summed E-state index contributed by atoms with van der Waals surface area (Å²) in [7, 11) is 0. The second-order valence-corrected chi connectivity index (χ2v) is 6.07. The van der Waals surface area contributed by atoms with Gasteiger partial charge in [-0.1, -0.05) is 30.3 Å². The first-order valence-electron chi connectivity index (χ1n) is 7.39. The number of nitrogens with two attached hydrogens (primary N) is 1. The van der Waals surface area contributed by atoms with Crippen molar-refractivity contribution in [2.24, 2.45) is 11.7 Å². The van der Waals surface area contributed by atoms with E-state index in [0.29, 0.717) is 5.92 Å². The van der Waals surface area contributed by atoms with E-state index in [1.807, 2.05) is 0 Å². The van der Waals surface area contributed by atoms with E-state index in [1.165, 1.54) is 5.56 Å². The molecule has 1 unspecified atom stereocenters. The Hall–Kier alpha value is -0.900. The molecule has 104 valence electrons. The summed E-state index contributed by atoms with van der Waals surface area (Å²) in [5, 5.41) is 0. The van der Waals surface area contributed by atoms with Crippen molar-refractivity contribution >= 4 is 0 Å². The van der Waals surface area contributed by atoms with Gasteiger partial charge in [0.1, 0.15) is 0 Å². The summed E-state index contributed by atoms with van der Waals surface area (Å²) in [5.74, 6) is 0.641. The van der Waals surface area contributed by atoms with Crippen LogP contribution < -0.4 is 5.73 Å². The van der Waals surface area contributed by atoms with Gasteiger partial charge < -0.3 is 10.5 Å². The second kappa shape index (κ2) is 5.61. The summed E-state index contributed by atoms with van der Waals surface area (Å²) in [6.07, 6.45) is 3.40. The van der Waals surface area contributed by atoms with Crippen LogP contribution >= 0.6 is 0 Å². The van der Waals surface area contributed by atoms with Crippen LogP contribution in [-0.4, -0.2) is 36.7 Å². The van der Waals surface area contributed by atoms with E-state index in [2.05, 4.69) is 35.2 Å². The zero-order valence-electron chi connectivity index (χ0n) is 11.6. The Kier molecular flexibility index (Phi) is 3.87. The Balaban J connectivity index is 1.59. The van der Waals surface area contributed by atoms with E-state index in [1.54, 1.807) is 0 Å². The average Bonchev–Trinajstić information content (AvgIpc) is 2.84. The van der Waals surface area contributed by atoms with Gasteiger partial charge in [-0.25, -0.2) is 0 Å². The molecule has 2 aliphatic heterocycles. The van der Waals surface area contributed by atoms with E-state index in [9.17, 15) is 0 Å². The highest BCUT2D eigenvalue weighted by Gasteiger charge is 2.41. The molecule has 2 aliphatic rings. The van der Waals surface area contributed by atoms with Gasteiger partial charge in [-0.05, 0) is 30.7 Å². The minimum Gasteiger partial charge on any atom is -0.381 e. The molecule has 1 aromatic rings. The third-order valence-corrected chi connectivity index (χ3v) is 4.69. The normalized spacial score (nSPS) is 29.7. The molecule has 0 aromatic heterocycles. The van der Waals surface area contributed by atoms with Gasteiger partial charge in [-0.3, -0.25) is 4.90 Å². The SMILES string of the molecule is NC1(C2CCOCC2)CCN(Cc2ccccc2)C1. The molecule has 0 amide bonds. The number of benzene rings is 1. The molecular weight excluding hydrogens is 236 g/mol. The van der Waals surface area contributed by atoms with Crippen molar-refractivity contribution in [3.63, 3.8) is 0 Å².